The maximum Gasteiger partial charge on any atom is 0.206 e. The number of furan rings is 1. The largest absolute Gasteiger partial charge is 0.506 e. The molecular weight excluding hydrogens is 362 g/mol. The molecule has 0 saturated heterocycles. The predicted octanol–water partition coefficient (Wildman–Crippen LogP) is 3.68. The Morgan fingerprint density at radius 1 is 1.18 bits per heavy atom. The number of likely N-dealkylation sites (N-methyl/N-ethyl adjacent to an activating group) is 1. The average Bonchev–Trinajstić information content (AvgIpc) is 3.15. The van der Waals surface area contributed by atoms with Gasteiger partial charge in [0.15, 0.2) is 16.6 Å². The van der Waals surface area contributed by atoms with Crippen LogP contribution in [0.15, 0.2) is 32.0 Å². The van der Waals surface area contributed by atoms with Crippen LogP contribution in [-0.2, 0) is 4.74 Å². The molecule has 0 spiro atoms. The molecule has 0 saturated carbocycles. The van der Waals surface area contributed by atoms with Gasteiger partial charge in [0.2, 0.25) is 5.75 Å². The molecule has 3 rings (SSSR count). The van der Waals surface area contributed by atoms with Crippen LogP contribution in [0.3, 0.4) is 0 Å². The lowest BCUT2D eigenvalue weighted by molar-refractivity contribution is 0.0461. The zero-order valence-corrected chi connectivity index (χ0v) is 16.8. The quantitative estimate of drug-likeness (QED) is 0.597. The Bertz CT molecular complexity index is 1000. The summed E-state index contributed by atoms with van der Waals surface area (Å²) in [5.41, 5.74) is 0.229. The summed E-state index contributed by atoms with van der Waals surface area (Å²) in [7, 11) is 0. The summed E-state index contributed by atoms with van der Waals surface area (Å²) >= 11 is 0. The van der Waals surface area contributed by atoms with Crippen LogP contribution in [0.4, 0.5) is 0 Å². The minimum absolute atomic E-state index is 0.0281. The molecule has 0 aliphatic carbocycles. The summed E-state index contributed by atoms with van der Waals surface area (Å²) in [6.07, 6.45) is 1.45. The molecule has 1 unspecified atom stereocenters. The summed E-state index contributed by atoms with van der Waals surface area (Å²) < 4.78 is 23.1. The Balaban J connectivity index is 2.07. The van der Waals surface area contributed by atoms with Crippen molar-refractivity contribution in [2.75, 3.05) is 32.9 Å². The Morgan fingerprint density at radius 3 is 2.61 bits per heavy atom. The molecule has 0 bridgehead atoms. The molecule has 1 aromatic carbocycles. The lowest BCUT2D eigenvalue weighted by atomic mass is 10.1. The van der Waals surface area contributed by atoms with E-state index in [1.165, 1.54) is 12.3 Å². The number of aromatic hydroxyl groups is 1. The molecule has 0 aliphatic rings. The fourth-order valence-electron chi connectivity index (χ4n) is 3.47. The molecule has 0 aliphatic heterocycles. The standard InChI is InChI=1S/C21H27NO6/c1-5-22(6-2)14(11-25-7-3)12-27-21-19-15(8-9-26-19)18(24)17-16(23)10-13(4)28-20(17)21/h8-10,14,24H,5-7,11-12H2,1-4H3. The number of phenolic OH excluding ortho intramolecular Hbond substituents is 1. The number of hydrogen-bond acceptors (Lipinski definition) is 7. The number of nitrogens with zero attached hydrogens (tertiary/aromatic N) is 1. The number of hydrogen-bond donors (Lipinski definition) is 1. The van der Waals surface area contributed by atoms with Gasteiger partial charge < -0.3 is 23.4 Å². The van der Waals surface area contributed by atoms with Gasteiger partial charge in [-0.2, -0.15) is 0 Å². The van der Waals surface area contributed by atoms with Gasteiger partial charge in [0.05, 0.1) is 24.3 Å². The smallest absolute Gasteiger partial charge is 0.206 e. The van der Waals surface area contributed by atoms with Gasteiger partial charge in [-0.15, -0.1) is 0 Å². The fourth-order valence-corrected chi connectivity index (χ4v) is 3.47. The van der Waals surface area contributed by atoms with Crippen molar-refractivity contribution in [2.45, 2.75) is 33.7 Å². The highest BCUT2D eigenvalue weighted by Gasteiger charge is 2.24. The Labute approximate surface area is 163 Å². The Kier molecular flexibility index (Phi) is 6.26. The SMILES string of the molecule is CCOCC(COc1c2occc2c(O)c2c(=O)cc(C)oc12)N(CC)CC. The first-order chi connectivity index (χ1) is 13.5. The summed E-state index contributed by atoms with van der Waals surface area (Å²) in [5.74, 6) is 0.596. The molecule has 0 fully saturated rings. The van der Waals surface area contributed by atoms with Crippen LogP contribution in [0.25, 0.3) is 21.9 Å². The molecular formula is C21H27NO6. The zero-order valence-electron chi connectivity index (χ0n) is 16.8. The van der Waals surface area contributed by atoms with Gasteiger partial charge in [0.25, 0.3) is 0 Å². The molecule has 3 aromatic rings. The fraction of sp³-hybridized carbons (Fsp3) is 0.476. The van der Waals surface area contributed by atoms with Crippen molar-refractivity contribution in [3.05, 3.63) is 34.4 Å². The number of rotatable bonds is 9. The molecule has 1 N–H and O–H groups in total. The molecule has 0 radical (unpaired) electrons. The third-order valence-electron chi connectivity index (χ3n) is 4.90. The third kappa shape index (κ3) is 3.72. The molecule has 7 nitrogen and oxygen atoms in total. The first-order valence-electron chi connectivity index (χ1n) is 9.62. The van der Waals surface area contributed by atoms with Crippen LogP contribution < -0.4 is 10.2 Å². The van der Waals surface area contributed by atoms with Crippen LogP contribution in [0.5, 0.6) is 11.5 Å². The molecule has 28 heavy (non-hydrogen) atoms. The van der Waals surface area contributed by atoms with Crippen molar-refractivity contribution in [1.82, 2.24) is 4.90 Å². The van der Waals surface area contributed by atoms with E-state index in [4.69, 9.17) is 18.3 Å². The highest BCUT2D eigenvalue weighted by molar-refractivity contribution is 6.06. The lowest BCUT2D eigenvalue weighted by Gasteiger charge is -2.29. The normalized spacial score (nSPS) is 12.9. The van der Waals surface area contributed by atoms with Crippen LogP contribution in [-0.4, -0.2) is 49.0 Å². The summed E-state index contributed by atoms with van der Waals surface area (Å²) in [5, 5.41) is 11.1. The average molecular weight is 389 g/mol. The number of phenols is 1. The van der Waals surface area contributed by atoms with Crippen LogP contribution in [0.1, 0.15) is 26.5 Å². The Hall–Kier alpha value is -2.51. The molecule has 2 aromatic heterocycles. The van der Waals surface area contributed by atoms with Crippen LogP contribution >= 0.6 is 0 Å². The van der Waals surface area contributed by atoms with Crippen molar-refractivity contribution >= 4 is 21.9 Å². The van der Waals surface area contributed by atoms with Crippen molar-refractivity contribution in [1.29, 1.82) is 0 Å². The van der Waals surface area contributed by atoms with E-state index in [9.17, 15) is 9.90 Å². The van der Waals surface area contributed by atoms with E-state index >= 15 is 0 Å². The Morgan fingerprint density at radius 2 is 1.93 bits per heavy atom. The minimum Gasteiger partial charge on any atom is -0.506 e. The number of aryl methyl sites for hydroxylation is 1. The summed E-state index contributed by atoms with van der Waals surface area (Å²) in [6, 6.07) is 2.99. The van der Waals surface area contributed by atoms with Gasteiger partial charge in [-0.3, -0.25) is 9.69 Å². The van der Waals surface area contributed by atoms with E-state index in [1.807, 2.05) is 6.92 Å². The van der Waals surface area contributed by atoms with Gasteiger partial charge in [-0.1, -0.05) is 13.8 Å². The van der Waals surface area contributed by atoms with Crippen molar-refractivity contribution in [3.8, 4) is 11.5 Å². The number of fused-ring (bicyclic) bond motifs is 2. The zero-order chi connectivity index (χ0) is 20.3. The summed E-state index contributed by atoms with van der Waals surface area (Å²) in [4.78, 5) is 14.7. The maximum absolute atomic E-state index is 12.5. The van der Waals surface area contributed by atoms with E-state index < -0.39 is 0 Å². The molecule has 7 heteroatoms. The van der Waals surface area contributed by atoms with Crippen molar-refractivity contribution < 1.29 is 23.4 Å². The van der Waals surface area contributed by atoms with E-state index in [1.54, 1.807) is 13.0 Å². The second-order valence-electron chi connectivity index (χ2n) is 6.61. The topological polar surface area (TPSA) is 85.3 Å². The maximum atomic E-state index is 12.5. The van der Waals surface area contributed by atoms with Crippen LogP contribution in [0.2, 0.25) is 0 Å². The molecule has 0 amide bonds. The van der Waals surface area contributed by atoms with Gasteiger partial charge in [0.1, 0.15) is 23.5 Å². The minimum atomic E-state index is -0.321. The van der Waals surface area contributed by atoms with Crippen molar-refractivity contribution in [3.63, 3.8) is 0 Å². The lowest BCUT2D eigenvalue weighted by Crippen LogP contribution is -2.42. The van der Waals surface area contributed by atoms with Gasteiger partial charge in [-0.25, -0.2) is 0 Å². The number of ether oxygens (including phenoxy) is 2. The molecule has 152 valence electrons. The highest BCUT2D eigenvalue weighted by Crippen LogP contribution is 2.41. The monoisotopic (exact) mass is 389 g/mol. The highest BCUT2D eigenvalue weighted by atomic mass is 16.5. The third-order valence-corrected chi connectivity index (χ3v) is 4.90. The second-order valence-corrected chi connectivity index (χ2v) is 6.61. The number of benzene rings is 1. The van der Waals surface area contributed by atoms with Gasteiger partial charge in [-0.05, 0) is 33.0 Å². The van der Waals surface area contributed by atoms with Crippen LogP contribution in [0, 0.1) is 6.92 Å². The van der Waals surface area contributed by atoms with E-state index in [0.29, 0.717) is 42.3 Å². The molecule has 2 heterocycles. The predicted molar refractivity (Wildman–Crippen MR) is 107 cm³/mol. The van der Waals surface area contributed by atoms with Crippen molar-refractivity contribution in [2.24, 2.45) is 0 Å². The van der Waals surface area contributed by atoms with Gasteiger partial charge in [0, 0.05) is 12.7 Å². The summed E-state index contributed by atoms with van der Waals surface area (Å²) in [6.45, 7) is 11.0. The van der Waals surface area contributed by atoms with E-state index in [0.717, 1.165) is 13.1 Å². The van der Waals surface area contributed by atoms with E-state index in [-0.39, 0.29) is 28.2 Å². The first kappa shape index (κ1) is 20.2. The first-order valence-corrected chi connectivity index (χ1v) is 9.62. The van der Waals surface area contributed by atoms with E-state index in [2.05, 4.69) is 18.7 Å². The molecule has 1 atom stereocenters. The second kappa shape index (κ2) is 8.67. The van der Waals surface area contributed by atoms with Gasteiger partial charge >= 0.3 is 0 Å².